The summed E-state index contributed by atoms with van der Waals surface area (Å²) >= 11 is 5.54. The third-order valence-electron chi connectivity index (χ3n) is 0.804. The molecule has 0 aromatic heterocycles. The van der Waals surface area contributed by atoms with Crippen LogP contribution in [0.25, 0.3) is 0 Å². The first-order valence-electron chi connectivity index (χ1n) is 2.61. The zero-order valence-electron chi connectivity index (χ0n) is 5.81. The minimum Gasteiger partial charge on any atom is -0.318 e. The number of hydrogen-bond acceptors (Lipinski definition) is 3. The molecule has 0 aromatic rings. The summed E-state index contributed by atoms with van der Waals surface area (Å²) in [5.41, 5.74) is -1.39. The Hall–Kier alpha value is 0.170. The zero-order valence-corrected chi connectivity index (χ0v) is 6.57. The summed E-state index contributed by atoms with van der Waals surface area (Å²) in [5.74, 6) is 0. The fraction of sp³-hybridized carbons (Fsp3) is 1.00. The van der Waals surface area contributed by atoms with E-state index in [1.54, 1.807) is 6.92 Å². The van der Waals surface area contributed by atoms with Gasteiger partial charge in [-0.15, -0.1) is 0 Å². The largest absolute Gasteiger partial charge is 0.369 e. The predicted octanol–water partition coefficient (Wildman–Crippen LogP) is 1.17. The molecule has 0 rings (SSSR count). The maximum atomic E-state index is 5.54. The summed E-state index contributed by atoms with van der Waals surface area (Å²) in [6.45, 7) is 2.25. The highest BCUT2D eigenvalue weighted by Crippen LogP contribution is 2.17. The van der Waals surface area contributed by atoms with Gasteiger partial charge in [0.05, 0.1) is 6.61 Å². The Labute approximate surface area is 59.8 Å². The molecule has 3 nitrogen and oxygen atoms in total. The summed E-state index contributed by atoms with van der Waals surface area (Å²) in [6, 6.07) is 0. The predicted molar refractivity (Wildman–Crippen MR) is 34.2 cm³/mol. The molecule has 0 heterocycles. The molecule has 0 saturated heterocycles. The Morgan fingerprint density at radius 2 is 1.78 bits per heavy atom. The van der Waals surface area contributed by atoms with Crippen molar-refractivity contribution in [3.05, 3.63) is 0 Å². The third kappa shape index (κ3) is 3.01. The molecule has 0 N–H and O–H groups in total. The monoisotopic (exact) mass is 154 g/mol. The second-order valence-electron chi connectivity index (χ2n) is 1.32. The molecule has 0 aliphatic heterocycles. The first kappa shape index (κ1) is 9.17. The van der Waals surface area contributed by atoms with Crippen molar-refractivity contribution in [2.75, 3.05) is 20.8 Å². The summed E-state index contributed by atoms with van der Waals surface area (Å²) in [4.78, 5) is 0. The molecule has 0 bridgehead atoms. The zero-order chi connectivity index (χ0) is 7.33. The van der Waals surface area contributed by atoms with Crippen LogP contribution in [-0.2, 0) is 14.2 Å². The molecule has 0 aliphatic carbocycles. The fourth-order valence-electron chi connectivity index (χ4n) is 0.374. The van der Waals surface area contributed by atoms with E-state index >= 15 is 0 Å². The van der Waals surface area contributed by atoms with Gasteiger partial charge in [0.25, 0.3) is 0 Å². The smallest absolute Gasteiger partial charge is 0.318 e. The highest BCUT2D eigenvalue weighted by Gasteiger charge is 2.26. The van der Waals surface area contributed by atoms with Crippen LogP contribution in [0.4, 0.5) is 0 Å². The molecule has 0 fully saturated rings. The average molecular weight is 155 g/mol. The lowest BCUT2D eigenvalue weighted by molar-refractivity contribution is -0.301. The van der Waals surface area contributed by atoms with E-state index in [0.717, 1.165) is 0 Å². The van der Waals surface area contributed by atoms with E-state index in [4.69, 9.17) is 16.3 Å². The highest BCUT2D eigenvalue weighted by molar-refractivity contribution is 6.20. The Bertz CT molecular complexity index is 72.6. The van der Waals surface area contributed by atoms with E-state index in [-0.39, 0.29) is 0 Å². The van der Waals surface area contributed by atoms with Crippen molar-refractivity contribution in [2.45, 2.75) is 12.4 Å². The summed E-state index contributed by atoms with van der Waals surface area (Å²) in [6.07, 6.45) is 0. The van der Waals surface area contributed by atoms with Crippen molar-refractivity contribution in [3.8, 4) is 0 Å². The van der Waals surface area contributed by atoms with E-state index in [2.05, 4.69) is 9.47 Å². The van der Waals surface area contributed by atoms with Crippen molar-refractivity contribution < 1.29 is 14.2 Å². The van der Waals surface area contributed by atoms with E-state index in [9.17, 15) is 0 Å². The number of methoxy groups -OCH3 is 2. The topological polar surface area (TPSA) is 27.7 Å². The number of ether oxygens (including phenoxy) is 3. The molecule has 0 aromatic carbocycles. The van der Waals surface area contributed by atoms with Crippen molar-refractivity contribution in [3.63, 3.8) is 0 Å². The minimum atomic E-state index is -1.39. The summed E-state index contributed by atoms with van der Waals surface area (Å²) in [7, 11) is 2.82. The molecule has 9 heavy (non-hydrogen) atoms. The van der Waals surface area contributed by atoms with E-state index in [0.29, 0.717) is 6.61 Å². The van der Waals surface area contributed by atoms with Crippen LogP contribution >= 0.6 is 11.6 Å². The number of halogens is 1. The van der Waals surface area contributed by atoms with Crippen LogP contribution in [-0.4, -0.2) is 26.3 Å². The maximum Gasteiger partial charge on any atom is 0.369 e. The molecule has 56 valence electrons. The highest BCUT2D eigenvalue weighted by atomic mass is 35.5. The lowest BCUT2D eigenvalue weighted by Crippen LogP contribution is -2.29. The van der Waals surface area contributed by atoms with Gasteiger partial charge in [0, 0.05) is 14.2 Å². The van der Waals surface area contributed by atoms with Gasteiger partial charge in [0.2, 0.25) is 0 Å². The molecular formula is C5H11ClO3. The van der Waals surface area contributed by atoms with Gasteiger partial charge in [0.15, 0.2) is 0 Å². The van der Waals surface area contributed by atoms with Gasteiger partial charge in [0.1, 0.15) is 0 Å². The Morgan fingerprint density at radius 3 is 1.89 bits per heavy atom. The van der Waals surface area contributed by atoms with Crippen LogP contribution < -0.4 is 0 Å². The molecule has 0 saturated carbocycles. The first-order chi connectivity index (χ1) is 4.18. The van der Waals surface area contributed by atoms with Crippen molar-refractivity contribution >= 4 is 11.6 Å². The normalized spacial score (nSPS) is 12.0. The molecule has 4 heteroatoms. The van der Waals surface area contributed by atoms with Crippen LogP contribution in [0.2, 0.25) is 0 Å². The molecule has 0 atom stereocenters. The summed E-state index contributed by atoms with van der Waals surface area (Å²) in [5, 5.41) is 0. The lowest BCUT2D eigenvalue weighted by Gasteiger charge is -2.21. The Morgan fingerprint density at radius 1 is 1.33 bits per heavy atom. The van der Waals surface area contributed by atoms with E-state index in [1.807, 2.05) is 0 Å². The third-order valence-corrected chi connectivity index (χ3v) is 1.22. The molecule has 0 amide bonds. The van der Waals surface area contributed by atoms with Gasteiger partial charge < -0.3 is 14.2 Å². The van der Waals surface area contributed by atoms with Gasteiger partial charge in [-0.05, 0) is 18.5 Å². The van der Waals surface area contributed by atoms with Crippen LogP contribution in [0.1, 0.15) is 6.92 Å². The first-order valence-corrected chi connectivity index (χ1v) is 2.99. The quantitative estimate of drug-likeness (QED) is 0.450. The lowest BCUT2D eigenvalue weighted by atomic mass is 10.9. The fourth-order valence-corrected chi connectivity index (χ4v) is 0.483. The number of alkyl halides is 1. The molecule has 0 aliphatic rings. The number of hydrogen-bond donors (Lipinski definition) is 0. The Kier molecular flexibility index (Phi) is 4.14. The van der Waals surface area contributed by atoms with Crippen molar-refractivity contribution in [1.29, 1.82) is 0 Å². The molecular weight excluding hydrogens is 144 g/mol. The van der Waals surface area contributed by atoms with Crippen LogP contribution in [0.5, 0.6) is 0 Å². The van der Waals surface area contributed by atoms with Gasteiger partial charge >= 0.3 is 5.43 Å². The van der Waals surface area contributed by atoms with Crippen molar-refractivity contribution in [2.24, 2.45) is 0 Å². The molecule has 0 spiro atoms. The van der Waals surface area contributed by atoms with E-state index in [1.165, 1.54) is 14.2 Å². The standard InChI is InChI=1S/C5H11ClO3/c1-4-9-5(6,7-2)8-3/h4H2,1-3H3. The minimum absolute atomic E-state index is 0.450. The second kappa shape index (κ2) is 4.06. The van der Waals surface area contributed by atoms with Crippen molar-refractivity contribution in [1.82, 2.24) is 0 Å². The van der Waals surface area contributed by atoms with Crippen LogP contribution in [0.15, 0.2) is 0 Å². The second-order valence-corrected chi connectivity index (χ2v) is 1.79. The SMILES string of the molecule is CCOC(Cl)(OC)OC. The van der Waals surface area contributed by atoms with Crippen LogP contribution in [0.3, 0.4) is 0 Å². The molecule has 0 unspecified atom stereocenters. The van der Waals surface area contributed by atoms with Gasteiger partial charge in [-0.2, -0.15) is 0 Å². The Balaban J connectivity index is 3.62. The van der Waals surface area contributed by atoms with Gasteiger partial charge in [-0.25, -0.2) is 0 Å². The summed E-state index contributed by atoms with van der Waals surface area (Å²) < 4.78 is 14.1. The molecule has 0 radical (unpaired) electrons. The number of rotatable bonds is 4. The maximum absolute atomic E-state index is 5.54. The van der Waals surface area contributed by atoms with Crippen LogP contribution in [0, 0.1) is 0 Å². The van der Waals surface area contributed by atoms with Gasteiger partial charge in [-0.1, -0.05) is 0 Å². The average Bonchev–Trinajstić information content (AvgIpc) is 1.89. The van der Waals surface area contributed by atoms with E-state index < -0.39 is 5.43 Å². The van der Waals surface area contributed by atoms with Gasteiger partial charge in [-0.3, -0.25) is 0 Å².